The van der Waals surface area contributed by atoms with E-state index in [9.17, 15) is 8.78 Å². The zero-order valence-corrected chi connectivity index (χ0v) is 9.16. The molecule has 0 radical (unpaired) electrons. The highest BCUT2D eigenvalue weighted by Crippen LogP contribution is 2.31. The summed E-state index contributed by atoms with van der Waals surface area (Å²) in [6, 6.07) is 5.94. The average Bonchev–Trinajstić information content (AvgIpc) is 2.72. The van der Waals surface area contributed by atoms with E-state index in [1.165, 1.54) is 12.1 Å². The highest BCUT2D eigenvalue weighted by atomic mass is 19.1. The van der Waals surface area contributed by atoms with E-state index in [-0.39, 0.29) is 24.2 Å². The molecule has 1 aliphatic rings. The van der Waals surface area contributed by atoms with Gasteiger partial charge in [-0.25, -0.2) is 8.78 Å². The first-order valence-corrected chi connectivity index (χ1v) is 5.32. The summed E-state index contributed by atoms with van der Waals surface area (Å²) in [6.45, 7) is -0.215. The Hall–Kier alpha value is -1.67. The topological polar surface area (TPSA) is 47.3 Å². The molecule has 1 atom stereocenters. The Labute approximate surface area is 97.9 Å². The minimum Gasteiger partial charge on any atom is -0.393 e. The van der Waals surface area contributed by atoms with Crippen molar-refractivity contribution >= 4 is 5.69 Å². The molecule has 17 heavy (non-hydrogen) atoms. The maximum atomic E-state index is 13.8. The SMILES string of the molecule is N#Cc1ccc(N2CC[C@](F)(CO)C2)c(F)c1. The lowest BCUT2D eigenvalue weighted by molar-refractivity contribution is 0.0909. The summed E-state index contributed by atoms with van der Waals surface area (Å²) in [5, 5.41) is 17.5. The normalized spacial score (nSPS) is 23.8. The maximum Gasteiger partial charge on any atom is 0.152 e. The molecule has 1 saturated heterocycles. The number of aliphatic hydroxyl groups excluding tert-OH is 1. The van der Waals surface area contributed by atoms with Crippen LogP contribution in [0.4, 0.5) is 14.5 Å². The van der Waals surface area contributed by atoms with Gasteiger partial charge in [-0.05, 0) is 18.2 Å². The molecule has 0 bridgehead atoms. The number of nitrogens with zero attached hydrogens (tertiary/aromatic N) is 2. The molecule has 5 heteroatoms. The van der Waals surface area contributed by atoms with Crippen molar-refractivity contribution in [2.24, 2.45) is 0 Å². The van der Waals surface area contributed by atoms with E-state index in [1.54, 1.807) is 4.90 Å². The van der Waals surface area contributed by atoms with Gasteiger partial charge in [-0.15, -0.1) is 0 Å². The quantitative estimate of drug-likeness (QED) is 0.851. The number of hydrogen-bond acceptors (Lipinski definition) is 3. The fourth-order valence-electron chi connectivity index (χ4n) is 2.00. The molecule has 3 nitrogen and oxygen atoms in total. The number of halogens is 2. The number of anilines is 1. The second-order valence-corrected chi connectivity index (χ2v) is 4.26. The Morgan fingerprint density at radius 1 is 1.53 bits per heavy atom. The first kappa shape index (κ1) is 11.8. The molecule has 1 heterocycles. The van der Waals surface area contributed by atoms with Crippen LogP contribution in [-0.2, 0) is 0 Å². The van der Waals surface area contributed by atoms with Crippen LogP contribution in [0.1, 0.15) is 12.0 Å². The smallest absolute Gasteiger partial charge is 0.152 e. The van der Waals surface area contributed by atoms with Crippen LogP contribution in [0, 0.1) is 17.1 Å². The van der Waals surface area contributed by atoms with E-state index in [0.29, 0.717) is 6.54 Å². The van der Waals surface area contributed by atoms with Crippen molar-refractivity contribution in [3.8, 4) is 6.07 Å². The van der Waals surface area contributed by atoms with Crippen molar-refractivity contribution in [1.29, 1.82) is 5.26 Å². The van der Waals surface area contributed by atoms with Gasteiger partial charge >= 0.3 is 0 Å². The third-order valence-electron chi connectivity index (χ3n) is 3.00. The van der Waals surface area contributed by atoms with Crippen LogP contribution in [0.3, 0.4) is 0 Å². The molecule has 0 spiro atoms. The first-order valence-electron chi connectivity index (χ1n) is 5.32. The molecule has 2 rings (SSSR count). The Morgan fingerprint density at radius 3 is 2.82 bits per heavy atom. The van der Waals surface area contributed by atoms with E-state index < -0.39 is 18.1 Å². The zero-order chi connectivity index (χ0) is 12.5. The number of benzene rings is 1. The van der Waals surface area contributed by atoms with Gasteiger partial charge in [0.05, 0.1) is 30.5 Å². The summed E-state index contributed by atoms with van der Waals surface area (Å²) >= 11 is 0. The second-order valence-electron chi connectivity index (χ2n) is 4.26. The van der Waals surface area contributed by atoms with Crippen molar-refractivity contribution in [3.63, 3.8) is 0 Å². The van der Waals surface area contributed by atoms with Gasteiger partial charge in [0.15, 0.2) is 5.67 Å². The van der Waals surface area contributed by atoms with Gasteiger partial charge in [-0.2, -0.15) is 5.26 Å². The van der Waals surface area contributed by atoms with E-state index in [1.807, 2.05) is 6.07 Å². The van der Waals surface area contributed by atoms with Gasteiger partial charge in [0.1, 0.15) is 5.82 Å². The van der Waals surface area contributed by atoms with E-state index in [2.05, 4.69) is 0 Å². The average molecular weight is 238 g/mol. The lowest BCUT2D eigenvalue weighted by Gasteiger charge is -2.21. The summed E-state index contributed by atoms with van der Waals surface area (Å²) in [7, 11) is 0. The van der Waals surface area contributed by atoms with Crippen molar-refractivity contribution in [2.75, 3.05) is 24.6 Å². The summed E-state index contributed by atoms with van der Waals surface area (Å²) in [5.74, 6) is -0.536. The number of alkyl halides is 1. The van der Waals surface area contributed by atoms with E-state index >= 15 is 0 Å². The number of aliphatic hydroxyl groups is 1. The van der Waals surface area contributed by atoms with Gasteiger partial charge in [0.2, 0.25) is 0 Å². The minimum atomic E-state index is -1.65. The van der Waals surface area contributed by atoms with Crippen LogP contribution in [0.25, 0.3) is 0 Å². The fourth-order valence-corrected chi connectivity index (χ4v) is 2.00. The van der Waals surface area contributed by atoms with Crippen molar-refractivity contribution < 1.29 is 13.9 Å². The van der Waals surface area contributed by atoms with Gasteiger partial charge < -0.3 is 10.0 Å². The molecule has 1 aliphatic heterocycles. The third-order valence-corrected chi connectivity index (χ3v) is 3.00. The molecule has 0 amide bonds. The number of hydrogen-bond donors (Lipinski definition) is 1. The Balaban J connectivity index is 2.23. The maximum absolute atomic E-state index is 13.8. The summed E-state index contributed by atoms with van der Waals surface area (Å²) in [4.78, 5) is 1.55. The minimum absolute atomic E-state index is 0.0215. The van der Waals surface area contributed by atoms with Crippen LogP contribution >= 0.6 is 0 Å². The predicted molar refractivity (Wildman–Crippen MR) is 58.9 cm³/mol. The van der Waals surface area contributed by atoms with Gasteiger partial charge in [0.25, 0.3) is 0 Å². The fraction of sp³-hybridized carbons (Fsp3) is 0.417. The van der Waals surface area contributed by atoms with Gasteiger partial charge in [0, 0.05) is 13.0 Å². The van der Waals surface area contributed by atoms with E-state index in [0.717, 1.165) is 6.07 Å². The third kappa shape index (κ3) is 2.22. The second kappa shape index (κ2) is 4.30. The molecule has 1 aromatic rings. The molecule has 1 fully saturated rings. The molecule has 0 aromatic heterocycles. The molecular formula is C12H12F2N2O. The highest BCUT2D eigenvalue weighted by molar-refractivity contribution is 5.52. The summed E-state index contributed by atoms with van der Waals surface area (Å²) in [6.07, 6.45) is 0.183. The zero-order valence-electron chi connectivity index (χ0n) is 9.16. The first-order chi connectivity index (χ1) is 8.08. The van der Waals surface area contributed by atoms with Crippen LogP contribution in [-0.4, -0.2) is 30.5 Å². The number of nitriles is 1. The molecule has 1 N–H and O–H groups in total. The molecule has 0 unspecified atom stereocenters. The van der Waals surface area contributed by atoms with Crippen molar-refractivity contribution in [3.05, 3.63) is 29.6 Å². The van der Waals surface area contributed by atoms with Gasteiger partial charge in [-0.3, -0.25) is 0 Å². The Morgan fingerprint density at radius 2 is 2.29 bits per heavy atom. The van der Waals surface area contributed by atoms with Crippen LogP contribution in [0.5, 0.6) is 0 Å². The highest BCUT2D eigenvalue weighted by Gasteiger charge is 2.38. The van der Waals surface area contributed by atoms with Crippen LogP contribution in [0.15, 0.2) is 18.2 Å². The largest absolute Gasteiger partial charge is 0.393 e. The van der Waals surface area contributed by atoms with Crippen molar-refractivity contribution in [1.82, 2.24) is 0 Å². The number of rotatable bonds is 2. The van der Waals surface area contributed by atoms with Crippen LogP contribution < -0.4 is 4.90 Å². The summed E-state index contributed by atoms with van der Waals surface area (Å²) < 4.78 is 27.5. The Bertz CT molecular complexity index is 472. The standard InChI is InChI=1S/C12H12F2N2O/c13-10-5-9(6-15)1-2-11(10)16-4-3-12(14,7-16)8-17/h1-2,5,17H,3-4,7-8H2/t12-/m1/s1. The Kier molecular flexibility index (Phi) is 2.99. The molecule has 0 saturated carbocycles. The van der Waals surface area contributed by atoms with Gasteiger partial charge in [-0.1, -0.05) is 0 Å². The lowest BCUT2D eigenvalue weighted by Crippen LogP contribution is -2.32. The lowest BCUT2D eigenvalue weighted by atomic mass is 10.1. The predicted octanol–water partition coefficient (Wildman–Crippen LogP) is 1.61. The van der Waals surface area contributed by atoms with Crippen molar-refractivity contribution in [2.45, 2.75) is 12.1 Å². The molecular weight excluding hydrogens is 226 g/mol. The van der Waals surface area contributed by atoms with Crippen LogP contribution in [0.2, 0.25) is 0 Å². The van der Waals surface area contributed by atoms with E-state index in [4.69, 9.17) is 10.4 Å². The molecule has 1 aromatic carbocycles. The molecule has 90 valence electrons. The monoisotopic (exact) mass is 238 g/mol. The molecule has 0 aliphatic carbocycles. The summed E-state index contributed by atoms with van der Waals surface area (Å²) in [5.41, 5.74) is -1.14.